The molecule has 0 aliphatic carbocycles. The van der Waals surface area contributed by atoms with E-state index in [0.717, 1.165) is 0 Å². The van der Waals surface area contributed by atoms with Crippen LogP contribution in [0.1, 0.15) is 0 Å². The molecule has 0 fully saturated rings. The second-order valence-corrected chi connectivity index (χ2v) is 5.40. The van der Waals surface area contributed by atoms with E-state index in [9.17, 15) is 0 Å². The molecule has 13 nitrogen and oxygen atoms in total. The molecule has 104 valence electrons. The summed E-state index contributed by atoms with van der Waals surface area (Å²) in [7, 11) is -13.8. The molecule has 0 amide bonds. The zero-order valence-electron chi connectivity index (χ0n) is 7.98. The van der Waals surface area contributed by atoms with Crippen molar-refractivity contribution in [3.8, 4) is 0 Å². The summed E-state index contributed by atoms with van der Waals surface area (Å²) in [6.45, 7) is 0. The van der Waals surface area contributed by atoms with Crippen molar-refractivity contribution >= 4 is 50.2 Å². The third kappa shape index (κ3) is 4660. The quantitative estimate of drug-likeness (QED) is 0.185. The van der Waals surface area contributed by atoms with Crippen molar-refractivity contribution in [2.45, 2.75) is 0 Å². The van der Waals surface area contributed by atoms with E-state index in [0.29, 0.717) is 0 Å². The molecule has 17 heteroatoms. The summed E-state index contributed by atoms with van der Waals surface area (Å²) in [4.78, 5) is 87.9. The van der Waals surface area contributed by atoms with E-state index in [1.54, 1.807) is 0 Å². The Balaban J connectivity index is -0.0000000400. The summed E-state index contributed by atoms with van der Waals surface area (Å²) in [5.74, 6) is 0. The Morgan fingerprint density at radius 1 is 0.353 bits per heavy atom. The zero-order valence-corrected chi connectivity index (χ0v) is 12.4. The number of hydrogen-bond donors (Lipinski definition) is 12. The second kappa shape index (κ2) is 12.0. The minimum absolute atomic E-state index is 0. The van der Waals surface area contributed by atoms with Crippen molar-refractivity contribution in [2.75, 3.05) is 0 Å². The molecule has 0 radical (unpaired) electrons. The fourth-order valence-corrected chi connectivity index (χ4v) is 0. The van der Waals surface area contributed by atoms with E-state index in [4.69, 9.17) is 57.5 Å². The standard InChI is InChI=1S/Mg.3H4O4Si.O/c;3*1-5(2,3)4;/h;3*1-4H;/q+2;;;;-2. The SMILES string of the molecule is O[Si](O)(O)O.O[Si](O)(O)O.O[Si](O)(O)O.[Mg+2].[O-2]. The first-order chi connectivity index (χ1) is 6.00. The Morgan fingerprint density at radius 3 is 0.353 bits per heavy atom. The Morgan fingerprint density at radius 2 is 0.353 bits per heavy atom. The molecule has 0 aromatic rings. The minimum Gasteiger partial charge on any atom is -2.00 e. The third-order valence-electron chi connectivity index (χ3n) is 0. The van der Waals surface area contributed by atoms with Crippen LogP contribution in [-0.2, 0) is 5.48 Å². The van der Waals surface area contributed by atoms with Gasteiger partial charge < -0.3 is 63.0 Å². The van der Waals surface area contributed by atoms with Gasteiger partial charge in [-0.15, -0.1) is 0 Å². The van der Waals surface area contributed by atoms with Crippen molar-refractivity contribution in [3.05, 3.63) is 0 Å². The predicted octanol–water partition coefficient (Wildman–Crippen LogP) is -8.33. The minimum atomic E-state index is -4.61. The predicted molar refractivity (Wildman–Crippen MR) is 50.3 cm³/mol. The average molecular weight is 329 g/mol. The van der Waals surface area contributed by atoms with E-state index in [-0.39, 0.29) is 28.5 Å². The van der Waals surface area contributed by atoms with Crippen LogP contribution in [0, 0.1) is 0 Å². The van der Waals surface area contributed by atoms with E-state index in [2.05, 4.69) is 0 Å². The van der Waals surface area contributed by atoms with Crippen molar-refractivity contribution in [2.24, 2.45) is 0 Å². The fraction of sp³-hybridized carbons (Fsp3) is 0. The maximum Gasteiger partial charge on any atom is 2.00 e. The number of hydrogen-bond acceptors (Lipinski definition) is 12. The molecule has 0 atom stereocenters. The molecule has 0 saturated heterocycles. The maximum atomic E-state index is 7.33. The van der Waals surface area contributed by atoms with Crippen LogP contribution < -0.4 is 0 Å². The fourth-order valence-electron chi connectivity index (χ4n) is 0. The van der Waals surface area contributed by atoms with Crippen LogP contribution in [-0.4, -0.2) is 108 Å². The van der Waals surface area contributed by atoms with Gasteiger partial charge >= 0.3 is 50.2 Å². The molecule has 0 heterocycles. The number of rotatable bonds is 0. The first kappa shape index (κ1) is 30.7. The van der Waals surface area contributed by atoms with Crippen LogP contribution in [0.25, 0.3) is 0 Å². The van der Waals surface area contributed by atoms with Crippen LogP contribution in [0.5, 0.6) is 0 Å². The summed E-state index contributed by atoms with van der Waals surface area (Å²) < 4.78 is 0. The van der Waals surface area contributed by atoms with Gasteiger partial charge in [0.05, 0.1) is 0 Å². The molecular weight excluding hydrogens is 317 g/mol. The Kier molecular flexibility index (Phi) is 21.6. The summed E-state index contributed by atoms with van der Waals surface area (Å²) in [5, 5.41) is 0. The van der Waals surface area contributed by atoms with E-state index in [1.807, 2.05) is 0 Å². The van der Waals surface area contributed by atoms with Crippen molar-refractivity contribution < 1.29 is 63.0 Å². The third-order valence-corrected chi connectivity index (χ3v) is 0. The summed E-state index contributed by atoms with van der Waals surface area (Å²) in [6, 6.07) is 0. The van der Waals surface area contributed by atoms with E-state index < -0.39 is 27.1 Å². The van der Waals surface area contributed by atoms with Crippen LogP contribution in [0.15, 0.2) is 0 Å². The van der Waals surface area contributed by atoms with Gasteiger partial charge in [-0.05, 0) is 0 Å². The van der Waals surface area contributed by atoms with E-state index >= 15 is 0 Å². The van der Waals surface area contributed by atoms with Crippen molar-refractivity contribution in [1.82, 2.24) is 0 Å². The van der Waals surface area contributed by atoms with E-state index in [1.165, 1.54) is 0 Å². The van der Waals surface area contributed by atoms with Crippen LogP contribution in [0.4, 0.5) is 0 Å². The largest absolute Gasteiger partial charge is 2.00 e. The molecule has 0 unspecified atom stereocenters. The van der Waals surface area contributed by atoms with Gasteiger partial charge in [0.15, 0.2) is 0 Å². The maximum absolute atomic E-state index is 7.33. The van der Waals surface area contributed by atoms with Gasteiger partial charge in [0.1, 0.15) is 0 Å². The van der Waals surface area contributed by atoms with Gasteiger partial charge in [-0.25, -0.2) is 0 Å². The molecule has 0 bridgehead atoms. The molecule has 0 aromatic heterocycles. The smallest absolute Gasteiger partial charge is 2.00 e. The van der Waals surface area contributed by atoms with Crippen molar-refractivity contribution in [1.29, 1.82) is 0 Å². The molecule has 0 aliphatic heterocycles. The van der Waals surface area contributed by atoms with Crippen molar-refractivity contribution in [3.63, 3.8) is 0 Å². The molecule has 0 spiro atoms. The second-order valence-electron chi connectivity index (χ2n) is 1.80. The first-order valence-electron chi connectivity index (χ1n) is 2.68. The van der Waals surface area contributed by atoms with Gasteiger partial charge in [0, 0.05) is 0 Å². The van der Waals surface area contributed by atoms with Crippen LogP contribution in [0.2, 0.25) is 0 Å². The first-order valence-corrected chi connectivity index (χ1v) is 8.05. The molecule has 0 aliphatic rings. The molecular formula is H12MgO13Si3. The molecule has 0 saturated carbocycles. The zero-order chi connectivity index (χ0) is 13.5. The molecule has 17 heavy (non-hydrogen) atoms. The summed E-state index contributed by atoms with van der Waals surface area (Å²) in [6.07, 6.45) is 0. The summed E-state index contributed by atoms with van der Waals surface area (Å²) >= 11 is 0. The van der Waals surface area contributed by atoms with Gasteiger partial charge in [-0.2, -0.15) is 0 Å². The average Bonchev–Trinajstić information content (AvgIpc) is 1.41. The Bertz CT molecular complexity index is 91.7. The van der Waals surface area contributed by atoms with Gasteiger partial charge in [-0.3, -0.25) is 0 Å². The molecule has 0 aromatic carbocycles. The molecule has 0 rings (SSSR count). The summed E-state index contributed by atoms with van der Waals surface area (Å²) in [5.41, 5.74) is 0. The van der Waals surface area contributed by atoms with Gasteiger partial charge in [-0.1, -0.05) is 0 Å². The molecule has 12 N–H and O–H groups in total. The van der Waals surface area contributed by atoms with Gasteiger partial charge in [0.2, 0.25) is 0 Å². The van der Waals surface area contributed by atoms with Crippen LogP contribution >= 0.6 is 0 Å². The Hall–Kier alpha value is 0.897. The normalized spacial score (nSPS) is 10.6. The Labute approximate surface area is 113 Å². The topological polar surface area (TPSA) is 271 Å². The van der Waals surface area contributed by atoms with Gasteiger partial charge in [0.25, 0.3) is 0 Å². The van der Waals surface area contributed by atoms with Crippen LogP contribution in [0.3, 0.4) is 0 Å². The monoisotopic (exact) mass is 328 g/mol.